The van der Waals surface area contributed by atoms with Gasteiger partial charge in [-0.05, 0) is 39.0 Å². The summed E-state index contributed by atoms with van der Waals surface area (Å²) in [6.45, 7) is 5.13. The summed E-state index contributed by atoms with van der Waals surface area (Å²) in [6, 6.07) is 3.45. The van der Waals surface area contributed by atoms with Gasteiger partial charge in [0, 0.05) is 11.2 Å². The summed E-state index contributed by atoms with van der Waals surface area (Å²) in [4.78, 5) is 11.4. The number of carbonyl (C=O) groups is 1. The quantitative estimate of drug-likeness (QED) is 0.684. The van der Waals surface area contributed by atoms with Gasteiger partial charge in [0.05, 0.1) is 0 Å². The van der Waals surface area contributed by atoms with E-state index in [2.05, 4.69) is 5.32 Å². The van der Waals surface area contributed by atoms with Crippen molar-refractivity contribution in [2.45, 2.75) is 26.4 Å². The maximum absolute atomic E-state index is 13.2. The highest BCUT2D eigenvalue weighted by Crippen LogP contribution is 2.11. The fourth-order valence-electron chi connectivity index (χ4n) is 1.24. The molecule has 0 atom stereocenters. The molecular formula is C11H15BFNO4. The molecule has 5 nitrogen and oxygen atoms in total. The number of ether oxygens (including phenoxy) is 1. The Labute approximate surface area is 105 Å². The van der Waals surface area contributed by atoms with Crippen LogP contribution in [0.4, 0.5) is 14.9 Å². The van der Waals surface area contributed by atoms with E-state index in [0.29, 0.717) is 0 Å². The highest BCUT2D eigenvalue weighted by atomic mass is 19.1. The molecule has 0 aliphatic carbocycles. The minimum absolute atomic E-state index is 0.216. The van der Waals surface area contributed by atoms with E-state index in [1.54, 1.807) is 20.8 Å². The van der Waals surface area contributed by atoms with E-state index in [1.165, 1.54) is 6.07 Å². The molecule has 0 aliphatic heterocycles. The summed E-state index contributed by atoms with van der Waals surface area (Å²) in [7, 11) is -1.94. The first-order valence-corrected chi connectivity index (χ1v) is 5.34. The van der Waals surface area contributed by atoms with Crippen LogP contribution >= 0.6 is 0 Å². The Kier molecular flexibility index (Phi) is 4.31. The van der Waals surface area contributed by atoms with Crippen LogP contribution in [0.2, 0.25) is 0 Å². The highest BCUT2D eigenvalue weighted by Gasteiger charge is 2.19. The lowest BCUT2D eigenvalue weighted by Crippen LogP contribution is -2.33. The molecule has 98 valence electrons. The normalized spacial score (nSPS) is 11.0. The van der Waals surface area contributed by atoms with Crippen LogP contribution in [-0.2, 0) is 4.74 Å². The highest BCUT2D eigenvalue weighted by molar-refractivity contribution is 6.58. The van der Waals surface area contributed by atoms with Gasteiger partial charge in [-0.25, -0.2) is 9.18 Å². The molecule has 18 heavy (non-hydrogen) atoms. The number of rotatable bonds is 2. The van der Waals surface area contributed by atoms with E-state index in [9.17, 15) is 9.18 Å². The number of amides is 1. The minimum Gasteiger partial charge on any atom is -0.444 e. The van der Waals surface area contributed by atoms with E-state index >= 15 is 0 Å². The van der Waals surface area contributed by atoms with Crippen molar-refractivity contribution in [1.82, 2.24) is 0 Å². The molecule has 0 fully saturated rings. The Morgan fingerprint density at radius 1 is 1.39 bits per heavy atom. The molecule has 0 spiro atoms. The zero-order valence-corrected chi connectivity index (χ0v) is 10.4. The average molecular weight is 255 g/mol. The fraction of sp³-hybridized carbons (Fsp3) is 0.364. The second-order valence-corrected chi connectivity index (χ2v) is 4.74. The smallest absolute Gasteiger partial charge is 0.444 e. The number of hydrogen-bond donors (Lipinski definition) is 3. The van der Waals surface area contributed by atoms with Crippen molar-refractivity contribution in [2.75, 3.05) is 5.32 Å². The minimum atomic E-state index is -1.94. The van der Waals surface area contributed by atoms with Crippen LogP contribution in [0.5, 0.6) is 0 Å². The van der Waals surface area contributed by atoms with Crippen molar-refractivity contribution in [3.63, 3.8) is 0 Å². The van der Waals surface area contributed by atoms with Crippen LogP contribution in [0, 0.1) is 5.82 Å². The topological polar surface area (TPSA) is 78.8 Å². The Balaban J connectivity index is 2.80. The lowest BCUT2D eigenvalue weighted by atomic mass is 9.79. The van der Waals surface area contributed by atoms with Crippen molar-refractivity contribution in [2.24, 2.45) is 0 Å². The van der Waals surface area contributed by atoms with Gasteiger partial charge in [-0.1, -0.05) is 0 Å². The first-order chi connectivity index (χ1) is 8.19. The predicted molar refractivity (Wildman–Crippen MR) is 66.1 cm³/mol. The Morgan fingerprint density at radius 2 is 2.00 bits per heavy atom. The van der Waals surface area contributed by atoms with Crippen LogP contribution in [0.1, 0.15) is 20.8 Å². The van der Waals surface area contributed by atoms with Crippen molar-refractivity contribution in [3.8, 4) is 0 Å². The molecule has 0 aromatic heterocycles. The lowest BCUT2D eigenvalue weighted by molar-refractivity contribution is 0.0636. The second kappa shape index (κ2) is 5.37. The SMILES string of the molecule is CC(C)(C)OC(=O)Nc1ccc(F)c(B(O)O)c1. The Hall–Kier alpha value is -1.60. The lowest BCUT2D eigenvalue weighted by Gasteiger charge is -2.19. The van der Waals surface area contributed by atoms with Gasteiger partial charge in [-0.3, -0.25) is 5.32 Å². The Morgan fingerprint density at radius 3 is 2.50 bits per heavy atom. The molecule has 1 amide bonds. The third kappa shape index (κ3) is 4.35. The van der Waals surface area contributed by atoms with Crippen LogP contribution in [0.25, 0.3) is 0 Å². The van der Waals surface area contributed by atoms with Crippen LogP contribution < -0.4 is 10.8 Å². The van der Waals surface area contributed by atoms with E-state index in [-0.39, 0.29) is 11.2 Å². The van der Waals surface area contributed by atoms with Crippen LogP contribution in [-0.4, -0.2) is 28.9 Å². The van der Waals surface area contributed by atoms with E-state index in [0.717, 1.165) is 12.1 Å². The van der Waals surface area contributed by atoms with Gasteiger partial charge in [0.2, 0.25) is 0 Å². The summed E-state index contributed by atoms with van der Waals surface area (Å²) < 4.78 is 18.2. The number of benzene rings is 1. The van der Waals surface area contributed by atoms with Crippen molar-refractivity contribution < 1.29 is 24.0 Å². The molecule has 0 saturated carbocycles. The Bertz CT molecular complexity index is 445. The fourth-order valence-corrected chi connectivity index (χ4v) is 1.24. The van der Waals surface area contributed by atoms with Gasteiger partial charge >= 0.3 is 13.2 Å². The number of carbonyl (C=O) groups excluding carboxylic acids is 1. The summed E-state index contributed by atoms with van der Waals surface area (Å²) in [5.74, 6) is -0.764. The molecule has 1 rings (SSSR count). The first-order valence-electron chi connectivity index (χ1n) is 5.34. The van der Waals surface area contributed by atoms with Crippen LogP contribution in [0.3, 0.4) is 0 Å². The summed E-state index contributed by atoms with van der Waals surface area (Å²) in [6.07, 6.45) is -0.701. The number of anilines is 1. The molecule has 1 aromatic rings. The molecule has 0 aliphatic rings. The van der Waals surface area contributed by atoms with Crippen molar-refractivity contribution in [3.05, 3.63) is 24.0 Å². The monoisotopic (exact) mass is 255 g/mol. The van der Waals surface area contributed by atoms with Gasteiger partial charge < -0.3 is 14.8 Å². The molecule has 0 unspecified atom stereocenters. The maximum atomic E-state index is 13.2. The van der Waals surface area contributed by atoms with E-state index < -0.39 is 24.6 Å². The van der Waals surface area contributed by atoms with Gasteiger partial charge in [0.25, 0.3) is 0 Å². The average Bonchev–Trinajstić information content (AvgIpc) is 2.17. The zero-order valence-electron chi connectivity index (χ0n) is 10.4. The maximum Gasteiger partial charge on any atom is 0.491 e. The molecule has 7 heteroatoms. The number of hydrogen-bond acceptors (Lipinski definition) is 4. The largest absolute Gasteiger partial charge is 0.491 e. The van der Waals surface area contributed by atoms with Gasteiger partial charge in [0.1, 0.15) is 11.4 Å². The summed E-state index contributed by atoms with van der Waals surface area (Å²) in [5.41, 5.74) is -0.749. The van der Waals surface area contributed by atoms with Gasteiger partial charge in [-0.2, -0.15) is 0 Å². The first kappa shape index (κ1) is 14.5. The molecule has 0 radical (unpaired) electrons. The molecule has 3 N–H and O–H groups in total. The molecule has 0 heterocycles. The molecule has 0 bridgehead atoms. The van der Waals surface area contributed by atoms with Gasteiger partial charge in [0.15, 0.2) is 0 Å². The number of halogens is 1. The summed E-state index contributed by atoms with van der Waals surface area (Å²) in [5, 5.41) is 20.2. The summed E-state index contributed by atoms with van der Waals surface area (Å²) >= 11 is 0. The molecule has 0 saturated heterocycles. The molecular weight excluding hydrogens is 240 g/mol. The third-order valence-corrected chi connectivity index (χ3v) is 1.92. The zero-order chi connectivity index (χ0) is 13.9. The van der Waals surface area contributed by atoms with E-state index in [1.807, 2.05) is 0 Å². The van der Waals surface area contributed by atoms with Crippen molar-refractivity contribution >= 4 is 24.4 Å². The van der Waals surface area contributed by atoms with E-state index in [4.69, 9.17) is 14.8 Å². The van der Waals surface area contributed by atoms with Gasteiger partial charge in [-0.15, -0.1) is 0 Å². The second-order valence-electron chi connectivity index (χ2n) is 4.74. The molecule has 1 aromatic carbocycles. The third-order valence-electron chi connectivity index (χ3n) is 1.92. The number of nitrogens with one attached hydrogen (secondary N) is 1. The predicted octanol–water partition coefficient (Wildman–Crippen LogP) is 0.852. The standard InChI is InChI=1S/C11H15BFNO4/c1-11(2,3)18-10(15)14-7-4-5-9(13)8(6-7)12(16)17/h4-6,16-17H,1-3H3,(H,14,15). The van der Waals surface area contributed by atoms with Crippen molar-refractivity contribution in [1.29, 1.82) is 0 Å². The van der Waals surface area contributed by atoms with Crippen LogP contribution in [0.15, 0.2) is 18.2 Å².